The van der Waals surface area contributed by atoms with Gasteiger partial charge in [0.25, 0.3) is 0 Å². The molecule has 0 saturated heterocycles. The van der Waals surface area contributed by atoms with Crippen LogP contribution < -0.4 is 0 Å². The second-order valence-corrected chi connectivity index (χ2v) is 3.58. The van der Waals surface area contributed by atoms with E-state index in [1.807, 2.05) is 0 Å². The van der Waals surface area contributed by atoms with Gasteiger partial charge < -0.3 is 24.0 Å². The van der Waals surface area contributed by atoms with E-state index in [1.54, 1.807) is 0 Å². The fraction of sp³-hybridized carbons (Fsp3) is 0.714. The lowest BCUT2D eigenvalue weighted by atomic mass is 10.4. The van der Waals surface area contributed by atoms with Crippen LogP contribution in [0.1, 0.15) is 0 Å². The molecule has 0 radical (unpaired) electrons. The van der Waals surface area contributed by atoms with E-state index in [1.165, 1.54) is 27.4 Å². The molecule has 0 bridgehead atoms. The topological polar surface area (TPSA) is 68.2 Å². The molecule has 0 aromatic rings. The van der Waals surface area contributed by atoms with Gasteiger partial charge in [-0.25, -0.2) is 0 Å². The van der Waals surface area contributed by atoms with Crippen molar-refractivity contribution in [3.05, 3.63) is 11.6 Å². The van der Waals surface area contributed by atoms with Crippen LogP contribution in [0.5, 0.6) is 0 Å². The number of aliphatic hydroxyl groups is 1. The summed E-state index contributed by atoms with van der Waals surface area (Å²) >= 11 is 0. The van der Waals surface area contributed by atoms with Crippen molar-refractivity contribution in [1.29, 1.82) is 0 Å². The average Bonchev–Trinajstić information content (AvgIpc) is 2.15. The second-order valence-electron chi connectivity index (χ2n) is 2.21. The van der Waals surface area contributed by atoms with E-state index < -0.39 is 8.38 Å². The van der Waals surface area contributed by atoms with Gasteiger partial charge in [-0.1, -0.05) is 0 Å². The number of rotatable bonds is 6. The zero-order valence-electron chi connectivity index (χ0n) is 7.93. The van der Waals surface area contributed by atoms with Crippen molar-refractivity contribution in [1.82, 2.24) is 0 Å². The highest BCUT2D eigenvalue weighted by Crippen LogP contribution is 2.38. The molecule has 0 saturated carbocycles. The first kappa shape index (κ1) is 12.8. The quantitative estimate of drug-likeness (QED) is 0.505. The molecule has 2 unspecified atom stereocenters. The van der Waals surface area contributed by atoms with Gasteiger partial charge in [0, 0.05) is 21.3 Å². The van der Waals surface area contributed by atoms with Gasteiger partial charge in [0.15, 0.2) is 5.50 Å². The fourth-order valence-corrected chi connectivity index (χ4v) is 1.15. The molecule has 78 valence electrons. The molecule has 0 fully saturated rings. The third-order valence-corrected chi connectivity index (χ3v) is 2.22. The van der Waals surface area contributed by atoms with E-state index in [0.29, 0.717) is 6.61 Å². The standard InChI is InChI=1S/C7H15O5P/c1-10-5-6(11-2)4-7(8)13(9)12-3/h4,6,8-9H,5H2,1-3H3/b7-4+. The van der Waals surface area contributed by atoms with Crippen molar-refractivity contribution in [3.63, 3.8) is 0 Å². The van der Waals surface area contributed by atoms with Gasteiger partial charge in [-0.05, 0) is 6.08 Å². The predicted molar refractivity (Wildman–Crippen MR) is 49.5 cm³/mol. The fourth-order valence-electron chi connectivity index (χ4n) is 0.672. The van der Waals surface area contributed by atoms with Crippen LogP contribution in [-0.4, -0.2) is 44.0 Å². The van der Waals surface area contributed by atoms with E-state index in [0.717, 1.165) is 0 Å². The largest absolute Gasteiger partial charge is 0.503 e. The first-order valence-corrected chi connectivity index (χ1v) is 4.82. The Hall–Kier alpha value is -0.190. The van der Waals surface area contributed by atoms with Crippen LogP contribution in [0.3, 0.4) is 0 Å². The molecule has 0 amide bonds. The monoisotopic (exact) mass is 210 g/mol. The first-order chi connectivity index (χ1) is 6.15. The summed E-state index contributed by atoms with van der Waals surface area (Å²) in [5, 5.41) is 9.23. The van der Waals surface area contributed by atoms with Gasteiger partial charge in [0.1, 0.15) is 6.10 Å². The molecule has 0 spiro atoms. The number of hydrogen-bond donors (Lipinski definition) is 2. The highest BCUT2D eigenvalue weighted by atomic mass is 31.2. The summed E-state index contributed by atoms with van der Waals surface area (Å²) in [6, 6.07) is 0. The van der Waals surface area contributed by atoms with Crippen molar-refractivity contribution < 1.29 is 24.0 Å². The molecule has 6 heteroatoms. The maximum atomic E-state index is 9.23. The third-order valence-electron chi connectivity index (χ3n) is 1.34. The van der Waals surface area contributed by atoms with Gasteiger partial charge in [0.2, 0.25) is 8.38 Å². The Balaban J connectivity index is 4.14. The Bertz CT molecular complexity index is 161. The SMILES string of the molecule is COCC(/C=C(\O)P(O)OC)OC. The average molecular weight is 210 g/mol. The highest BCUT2D eigenvalue weighted by Gasteiger charge is 2.12. The summed E-state index contributed by atoms with van der Waals surface area (Å²) in [4.78, 5) is 9.07. The smallest absolute Gasteiger partial charge is 0.239 e. The number of aliphatic hydroxyl groups excluding tert-OH is 1. The minimum absolute atomic E-state index is 0.221. The van der Waals surface area contributed by atoms with Crippen molar-refractivity contribution in [2.45, 2.75) is 6.10 Å². The number of ether oxygens (including phenoxy) is 2. The summed E-state index contributed by atoms with van der Waals surface area (Å²) in [6.07, 6.45) is 0.982. The van der Waals surface area contributed by atoms with E-state index in [2.05, 4.69) is 4.52 Å². The van der Waals surface area contributed by atoms with Crippen molar-refractivity contribution in [3.8, 4) is 0 Å². The zero-order chi connectivity index (χ0) is 10.3. The predicted octanol–water partition coefficient (Wildman–Crippen LogP) is 0.998. The maximum Gasteiger partial charge on any atom is 0.239 e. The minimum atomic E-state index is -1.91. The molecule has 5 nitrogen and oxygen atoms in total. The third kappa shape index (κ3) is 5.18. The zero-order valence-corrected chi connectivity index (χ0v) is 8.82. The van der Waals surface area contributed by atoms with E-state index >= 15 is 0 Å². The molecule has 0 rings (SSSR count). The molecule has 0 heterocycles. The van der Waals surface area contributed by atoms with Crippen LogP contribution >= 0.6 is 8.38 Å². The molecule has 0 aliphatic heterocycles. The Morgan fingerprint density at radius 1 is 1.46 bits per heavy atom. The van der Waals surface area contributed by atoms with E-state index in [4.69, 9.17) is 14.4 Å². The van der Waals surface area contributed by atoms with Gasteiger partial charge in [-0.2, -0.15) is 0 Å². The summed E-state index contributed by atoms with van der Waals surface area (Å²) < 4.78 is 14.3. The van der Waals surface area contributed by atoms with Crippen LogP contribution in [0, 0.1) is 0 Å². The van der Waals surface area contributed by atoms with Gasteiger partial charge in [-0.3, -0.25) is 0 Å². The lowest BCUT2D eigenvalue weighted by Crippen LogP contribution is -2.14. The summed E-state index contributed by atoms with van der Waals surface area (Å²) in [5.41, 5.74) is -0.221. The van der Waals surface area contributed by atoms with Gasteiger partial charge in [-0.15, -0.1) is 0 Å². The summed E-state index contributed by atoms with van der Waals surface area (Å²) in [6.45, 7) is 0.313. The van der Waals surface area contributed by atoms with Crippen LogP contribution in [0.15, 0.2) is 11.6 Å². The van der Waals surface area contributed by atoms with Crippen LogP contribution in [0.4, 0.5) is 0 Å². The Morgan fingerprint density at radius 2 is 2.08 bits per heavy atom. The van der Waals surface area contributed by atoms with Crippen LogP contribution in [-0.2, 0) is 14.0 Å². The maximum absolute atomic E-state index is 9.23. The minimum Gasteiger partial charge on any atom is -0.503 e. The number of methoxy groups -OCH3 is 2. The lowest BCUT2D eigenvalue weighted by molar-refractivity contribution is 0.0557. The Labute approximate surface area is 78.8 Å². The molecule has 13 heavy (non-hydrogen) atoms. The van der Waals surface area contributed by atoms with E-state index in [-0.39, 0.29) is 11.6 Å². The van der Waals surface area contributed by atoms with Crippen molar-refractivity contribution in [2.75, 3.05) is 27.9 Å². The summed E-state index contributed by atoms with van der Waals surface area (Å²) in [5.74, 6) is 0. The van der Waals surface area contributed by atoms with Crippen molar-refractivity contribution in [2.24, 2.45) is 0 Å². The molecule has 2 atom stereocenters. The Kier molecular flexibility index (Phi) is 7.13. The molecular weight excluding hydrogens is 195 g/mol. The van der Waals surface area contributed by atoms with Crippen molar-refractivity contribution >= 4 is 8.38 Å². The van der Waals surface area contributed by atoms with E-state index in [9.17, 15) is 5.11 Å². The summed E-state index contributed by atoms with van der Waals surface area (Å²) in [7, 11) is 2.41. The molecule has 0 aliphatic carbocycles. The van der Waals surface area contributed by atoms with Gasteiger partial charge in [0.05, 0.1) is 6.61 Å². The highest BCUT2D eigenvalue weighted by molar-refractivity contribution is 7.50. The molecule has 2 N–H and O–H groups in total. The molecule has 0 aromatic heterocycles. The molecule has 0 aromatic carbocycles. The normalized spacial score (nSPS) is 17.1. The molecular formula is C7H15O5P. The first-order valence-electron chi connectivity index (χ1n) is 3.61. The molecule has 0 aliphatic rings. The Morgan fingerprint density at radius 3 is 2.46 bits per heavy atom. The van der Waals surface area contributed by atoms with Crippen LogP contribution in [0.25, 0.3) is 0 Å². The lowest BCUT2D eigenvalue weighted by Gasteiger charge is -2.11. The number of hydrogen-bond acceptors (Lipinski definition) is 5. The van der Waals surface area contributed by atoms with Crippen LogP contribution in [0.2, 0.25) is 0 Å². The van der Waals surface area contributed by atoms with Gasteiger partial charge >= 0.3 is 0 Å². The second kappa shape index (κ2) is 7.24.